The zero-order valence-corrected chi connectivity index (χ0v) is 21.0. The normalized spacial score (nSPS) is 12.8. The molecule has 0 unspecified atom stereocenters. The summed E-state index contributed by atoms with van der Waals surface area (Å²) in [5.74, 6) is 1.13. The van der Waals surface area contributed by atoms with Gasteiger partial charge in [0.25, 0.3) is 10.0 Å². The molecule has 0 radical (unpaired) electrons. The average molecular weight is 507 g/mol. The number of rotatable bonds is 10. The van der Waals surface area contributed by atoms with Crippen molar-refractivity contribution >= 4 is 43.3 Å². The van der Waals surface area contributed by atoms with Crippen LogP contribution in [0.15, 0.2) is 75.6 Å². The lowest BCUT2D eigenvalue weighted by Gasteiger charge is -2.15. The van der Waals surface area contributed by atoms with E-state index in [2.05, 4.69) is 20.0 Å². The number of hydrogen-bond donors (Lipinski definition) is 2. The van der Waals surface area contributed by atoms with Gasteiger partial charge in [-0.2, -0.15) is 0 Å². The van der Waals surface area contributed by atoms with Gasteiger partial charge in [0.05, 0.1) is 4.90 Å². The molecule has 3 rings (SSSR count). The Morgan fingerprint density at radius 1 is 0.909 bits per heavy atom. The quantitative estimate of drug-likeness (QED) is 0.310. The van der Waals surface area contributed by atoms with Gasteiger partial charge in [0, 0.05) is 24.1 Å². The van der Waals surface area contributed by atoms with Crippen molar-refractivity contribution in [1.82, 2.24) is 9.97 Å². The highest BCUT2D eigenvalue weighted by Gasteiger charge is 2.24. The molecule has 2 aromatic carbocycles. The van der Waals surface area contributed by atoms with E-state index < -0.39 is 19.9 Å². The molecule has 8 nitrogen and oxygen atoms in total. The zero-order valence-electron chi connectivity index (χ0n) is 18.5. The molecule has 2 N–H and O–H groups in total. The van der Waals surface area contributed by atoms with Crippen LogP contribution in [0.1, 0.15) is 25.8 Å². The first-order valence-electron chi connectivity index (χ1n) is 10.2. The van der Waals surface area contributed by atoms with Gasteiger partial charge in [-0.3, -0.25) is 4.72 Å². The summed E-state index contributed by atoms with van der Waals surface area (Å²) in [6, 6.07) is 16.9. The van der Waals surface area contributed by atoms with Crippen molar-refractivity contribution in [2.45, 2.75) is 47.0 Å². The molecule has 11 heteroatoms. The average Bonchev–Trinajstić information content (AvgIpc) is 2.77. The summed E-state index contributed by atoms with van der Waals surface area (Å²) in [7, 11) is -7.97. The number of nitrogens with one attached hydrogen (secondary N) is 2. The first-order valence-corrected chi connectivity index (χ1v) is 14.6. The minimum atomic E-state index is -4.22. The zero-order chi connectivity index (χ0) is 24.1. The van der Waals surface area contributed by atoms with E-state index in [1.807, 2.05) is 44.2 Å². The van der Waals surface area contributed by atoms with E-state index in [4.69, 9.17) is 0 Å². The monoisotopic (exact) mass is 506 g/mol. The summed E-state index contributed by atoms with van der Waals surface area (Å²) in [5.41, 5.74) is 1.08. The molecular weight excluding hydrogens is 480 g/mol. The van der Waals surface area contributed by atoms with Crippen molar-refractivity contribution in [3.8, 4) is 0 Å². The van der Waals surface area contributed by atoms with Crippen LogP contribution in [0.3, 0.4) is 0 Å². The minimum Gasteiger partial charge on any atom is -0.367 e. The van der Waals surface area contributed by atoms with E-state index in [9.17, 15) is 16.8 Å². The molecule has 1 aromatic heterocycles. The second-order valence-electron chi connectivity index (χ2n) is 7.47. The van der Waals surface area contributed by atoms with Crippen molar-refractivity contribution in [3.63, 3.8) is 0 Å². The third-order valence-corrected chi connectivity index (χ3v) is 8.32. The van der Waals surface area contributed by atoms with Crippen LogP contribution >= 0.6 is 11.8 Å². The summed E-state index contributed by atoms with van der Waals surface area (Å²) in [6.45, 7) is 4.01. The molecule has 0 saturated carbocycles. The van der Waals surface area contributed by atoms with Crippen LogP contribution in [-0.4, -0.2) is 39.1 Å². The van der Waals surface area contributed by atoms with Gasteiger partial charge in [0.2, 0.25) is 0 Å². The van der Waals surface area contributed by atoms with Gasteiger partial charge in [-0.05, 0) is 31.0 Å². The number of aromatic nitrogens is 2. The van der Waals surface area contributed by atoms with Crippen LogP contribution in [0.25, 0.3) is 0 Å². The third-order valence-electron chi connectivity index (χ3n) is 4.70. The van der Waals surface area contributed by atoms with E-state index >= 15 is 0 Å². The SMILES string of the molecule is CC[C@@H](C)Nc1cc(NS(=O)(=O)c2ccccc2S(C)(=O)=O)nc(SCc2ccccc2)n1. The number of thioether (sulfide) groups is 1. The molecule has 0 bridgehead atoms. The van der Waals surface area contributed by atoms with E-state index in [0.29, 0.717) is 16.7 Å². The van der Waals surface area contributed by atoms with Crippen molar-refractivity contribution in [3.05, 3.63) is 66.2 Å². The summed E-state index contributed by atoms with van der Waals surface area (Å²) in [6.07, 6.45) is 1.82. The molecule has 0 aliphatic carbocycles. The molecule has 3 aromatic rings. The Hall–Kier alpha value is -2.63. The predicted octanol–water partition coefficient (Wildman–Crippen LogP) is 4.18. The maximum absolute atomic E-state index is 13.1. The van der Waals surface area contributed by atoms with E-state index in [-0.39, 0.29) is 21.7 Å². The van der Waals surface area contributed by atoms with Gasteiger partial charge in [-0.15, -0.1) is 0 Å². The molecule has 1 heterocycles. The number of anilines is 2. The lowest BCUT2D eigenvalue weighted by Crippen LogP contribution is -2.19. The second kappa shape index (κ2) is 10.5. The first-order chi connectivity index (χ1) is 15.6. The molecule has 33 heavy (non-hydrogen) atoms. The first kappa shape index (κ1) is 25.0. The molecule has 0 saturated heterocycles. The van der Waals surface area contributed by atoms with Gasteiger partial charge in [-0.25, -0.2) is 26.8 Å². The Labute approximate surface area is 199 Å². The molecule has 0 fully saturated rings. The number of sulfone groups is 1. The van der Waals surface area contributed by atoms with Crippen molar-refractivity contribution in [1.29, 1.82) is 0 Å². The Bertz CT molecular complexity index is 1310. The summed E-state index contributed by atoms with van der Waals surface area (Å²) in [4.78, 5) is 8.26. The highest BCUT2D eigenvalue weighted by atomic mass is 32.2. The topological polar surface area (TPSA) is 118 Å². The number of hydrogen-bond acceptors (Lipinski definition) is 8. The van der Waals surface area contributed by atoms with Crippen molar-refractivity contribution < 1.29 is 16.8 Å². The van der Waals surface area contributed by atoms with Crippen LogP contribution in [0, 0.1) is 0 Å². The Morgan fingerprint density at radius 2 is 1.52 bits per heavy atom. The second-order valence-corrected chi connectivity index (χ2v) is 12.1. The fourth-order valence-electron chi connectivity index (χ4n) is 2.86. The summed E-state index contributed by atoms with van der Waals surface area (Å²) in [5, 5.41) is 3.63. The van der Waals surface area contributed by atoms with Gasteiger partial charge in [0.1, 0.15) is 16.5 Å². The Morgan fingerprint density at radius 3 is 2.15 bits per heavy atom. The van der Waals surface area contributed by atoms with Crippen LogP contribution in [0.5, 0.6) is 0 Å². The third kappa shape index (κ3) is 6.92. The molecular formula is C22H26N4O4S3. The van der Waals surface area contributed by atoms with Gasteiger partial charge in [-0.1, -0.05) is 61.2 Å². The smallest absolute Gasteiger partial charge is 0.264 e. The molecule has 0 amide bonds. The highest BCUT2D eigenvalue weighted by molar-refractivity contribution is 7.98. The van der Waals surface area contributed by atoms with Crippen molar-refractivity contribution in [2.75, 3.05) is 16.3 Å². The Kier molecular flexibility index (Phi) is 7.98. The summed E-state index contributed by atoms with van der Waals surface area (Å²) >= 11 is 1.37. The largest absolute Gasteiger partial charge is 0.367 e. The number of benzene rings is 2. The highest BCUT2D eigenvalue weighted by Crippen LogP contribution is 2.27. The number of nitrogens with zero attached hydrogens (tertiary/aromatic N) is 2. The maximum atomic E-state index is 13.1. The van der Waals surface area contributed by atoms with Gasteiger partial charge in [0.15, 0.2) is 15.0 Å². The molecule has 0 aliphatic rings. The van der Waals surface area contributed by atoms with Crippen molar-refractivity contribution in [2.24, 2.45) is 0 Å². The number of sulfonamides is 1. The van der Waals surface area contributed by atoms with E-state index in [1.54, 1.807) is 0 Å². The summed E-state index contributed by atoms with van der Waals surface area (Å²) < 4.78 is 52.8. The lowest BCUT2D eigenvalue weighted by atomic mass is 10.2. The molecule has 1 atom stereocenters. The van der Waals surface area contributed by atoms with Crippen LogP contribution in [0.2, 0.25) is 0 Å². The van der Waals surface area contributed by atoms with Gasteiger partial charge >= 0.3 is 0 Å². The maximum Gasteiger partial charge on any atom is 0.264 e. The predicted molar refractivity (Wildman–Crippen MR) is 132 cm³/mol. The fraction of sp³-hybridized carbons (Fsp3) is 0.273. The van der Waals surface area contributed by atoms with Crippen LogP contribution < -0.4 is 10.0 Å². The van der Waals surface area contributed by atoms with E-state index in [1.165, 1.54) is 42.1 Å². The standard InChI is InChI=1S/C22H26N4O4S3/c1-4-16(2)23-20-14-21(25-22(24-20)31-15-17-10-6-5-7-11-17)26-33(29,30)19-13-9-8-12-18(19)32(3,27)28/h5-14,16H,4,15H2,1-3H3,(H2,23,24,25,26)/t16-/m1/s1. The van der Waals surface area contributed by atoms with Crippen LogP contribution in [0.4, 0.5) is 11.6 Å². The lowest BCUT2D eigenvalue weighted by molar-refractivity contribution is 0.588. The Balaban J connectivity index is 1.95. The molecule has 176 valence electrons. The van der Waals surface area contributed by atoms with Crippen LogP contribution in [-0.2, 0) is 25.6 Å². The fourth-order valence-corrected chi connectivity index (χ4v) is 6.30. The molecule has 0 spiro atoms. The van der Waals surface area contributed by atoms with Gasteiger partial charge < -0.3 is 5.32 Å². The van der Waals surface area contributed by atoms with E-state index in [0.717, 1.165) is 18.2 Å². The minimum absolute atomic E-state index is 0.0506. The molecule has 0 aliphatic heterocycles.